The molecule has 1 aliphatic carbocycles. The molecule has 16 heavy (non-hydrogen) atoms. The Morgan fingerprint density at radius 3 is 2.81 bits per heavy atom. The van der Waals surface area contributed by atoms with E-state index in [4.69, 9.17) is 17.0 Å². The summed E-state index contributed by atoms with van der Waals surface area (Å²) >= 11 is 0. The maximum Gasteiger partial charge on any atom is 0.157 e. The minimum atomic E-state index is 0.102. The predicted octanol–water partition coefficient (Wildman–Crippen LogP) is 2.75. The minimum absolute atomic E-state index is 0.102. The summed E-state index contributed by atoms with van der Waals surface area (Å²) < 4.78 is 11.9. The van der Waals surface area contributed by atoms with Crippen LogP contribution in [-0.2, 0) is 9.47 Å². The summed E-state index contributed by atoms with van der Waals surface area (Å²) in [6.45, 7) is 7.14. The fourth-order valence-electron chi connectivity index (χ4n) is 1.86. The molecule has 0 saturated heterocycles. The smallest absolute Gasteiger partial charge is 0.157 e. The third kappa shape index (κ3) is 2.30. The van der Waals surface area contributed by atoms with E-state index < -0.39 is 0 Å². The second kappa shape index (κ2) is 4.45. The Hall–Kier alpha value is -0.425. The van der Waals surface area contributed by atoms with E-state index >= 15 is 0 Å². The monoisotopic (exact) mass is 236 g/mol. The van der Waals surface area contributed by atoms with E-state index in [-0.39, 0.29) is 11.5 Å². The molecule has 1 heterocycles. The van der Waals surface area contributed by atoms with Crippen molar-refractivity contribution in [2.24, 2.45) is 5.41 Å². The number of rotatable bonds is 1. The predicted molar refractivity (Wildman–Crippen MR) is 68.9 cm³/mol. The van der Waals surface area contributed by atoms with Gasteiger partial charge in [-0.2, -0.15) is 8.46 Å². The molecule has 4 heteroatoms. The van der Waals surface area contributed by atoms with Crippen molar-refractivity contribution in [3.63, 3.8) is 0 Å². The molecule has 0 aromatic carbocycles. The molecular weight excluding hydrogens is 218 g/mol. The Labute approximate surface area is 101 Å². The second-order valence-electron chi connectivity index (χ2n) is 5.37. The Morgan fingerprint density at radius 1 is 1.44 bits per heavy atom. The lowest BCUT2D eigenvalue weighted by Gasteiger charge is -2.38. The first-order valence-electron chi connectivity index (χ1n) is 5.68. The SMILES string of the molecule is [B]PC1CC=CC2=C1OCC(C(C)(C)C)O2. The van der Waals surface area contributed by atoms with Crippen molar-refractivity contribution in [2.75, 3.05) is 6.61 Å². The molecular formula is C12H18BO2P. The van der Waals surface area contributed by atoms with Gasteiger partial charge < -0.3 is 9.47 Å². The number of ether oxygens (including phenoxy) is 2. The molecule has 2 radical (unpaired) electrons. The number of allylic oxidation sites excluding steroid dienone is 3. The molecule has 0 spiro atoms. The first-order chi connectivity index (χ1) is 7.52. The third-order valence-corrected chi connectivity index (χ3v) is 3.93. The van der Waals surface area contributed by atoms with Crippen LogP contribution in [0.15, 0.2) is 23.7 Å². The van der Waals surface area contributed by atoms with Crippen LogP contribution < -0.4 is 0 Å². The van der Waals surface area contributed by atoms with Crippen LogP contribution in [0.25, 0.3) is 0 Å². The van der Waals surface area contributed by atoms with Crippen molar-refractivity contribution in [3.05, 3.63) is 23.7 Å². The van der Waals surface area contributed by atoms with Gasteiger partial charge in [-0.05, 0) is 12.5 Å². The Morgan fingerprint density at radius 2 is 2.19 bits per heavy atom. The van der Waals surface area contributed by atoms with Crippen LogP contribution in [-0.4, -0.2) is 25.9 Å². The van der Waals surface area contributed by atoms with Gasteiger partial charge >= 0.3 is 0 Å². The normalized spacial score (nSPS) is 30.2. The molecule has 0 aromatic rings. The Bertz CT molecular complexity index is 330. The summed E-state index contributed by atoms with van der Waals surface area (Å²) in [4.78, 5) is 0. The molecule has 2 rings (SSSR count). The molecule has 0 bridgehead atoms. The van der Waals surface area contributed by atoms with Crippen molar-refractivity contribution in [1.82, 2.24) is 0 Å². The van der Waals surface area contributed by atoms with Crippen molar-refractivity contribution in [3.8, 4) is 0 Å². The van der Waals surface area contributed by atoms with Crippen LogP contribution in [0, 0.1) is 5.41 Å². The summed E-state index contributed by atoms with van der Waals surface area (Å²) in [5.74, 6) is 1.85. The number of hydrogen-bond donors (Lipinski definition) is 0. The zero-order valence-corrected chi connectivity index (χ0v) is 11.1. The van der Waals surface area contributed by atoms with Gasteiger partial charge in [0.2, 0.25) is 0 Å². The van der Waals surface area contributed by atoms with Gasteiger partial charge in [0.15, 0.2) is 5.76 Å². The maximum atomic E-state index is 6.00. The molecule has 0 amide bonds. The molecule has 3 atom stereocenters. The first-order valence-corrected chi connectivity index (χ1v) is 6.84. The zero-order chi connectivity index (χ0) is 11.8. The van der Waals surface area contributed by atoms with Gasteiger partial charge in [0.1, 0.15) is 26.0 Å². The van der Waals surface area contributed by atoms with E-state index in [1.165, 1.54) is 0 Å². The molecule has 2 aliphatic rings. The van der Waals surface area contributed by atoms with Crippen molar-refractivity contribution >= 4 is 16.0 Å². The lowest BCUT2D eigenvalue weighted by Crippen LogP contribution is -2.38. The van der Waals surface area contributed by atoms with Crippen molar-refractivity contribution in [1.29, 1.82) is 0 Å². The van der Waals surface area contributed by atoms with Crippen LogP contribution in [0.1, 0.15) is 27.2 Å². The third-order valence-electron chi connectivity index (χ3n) is 3.03. The van der Waals surface area contributed by atoms with Gasteiger partial charge in [-0.15, -0.1) is 0 Å². The highest BCUT2D eigenvalue weighted by molar-refractivity contribution is 7.67. The molecule has 86 valence electrons. The van der Waals surface area contributed by atoms with Gasteiger partial charge in [-0.25, -0.2) is 0 Å². The van der Waals surface area contributed by atoms with Gasteiger partial charge in [-0.3, -0.25) is 0 Å². The van der Waals surface area contributed by atoms with E-state index in [0.717, 1.165) is 17.9 Å². The molecule has 2 nitrogen and oxygen atoms in total. The van der Waals surface area contributed by atoms with Crippen LogP contribution in [0.4, 0.5) is 0 Å². The molecule has 3 unspecified atom stereocenters. The highest BCUT2D eigenvalue weighted by Crippen LogP contribution is 2.38. The summed E-state index contributed by atoms with van der Waals surface area (Å²) in [7, 11) is 6.14. The molecule has 0 fully saturated rings. The van der Waals surface area contributed by atoms with Gasteiger partial charge in [-0.1, -0.05) is 26.8 Å². The van der Waals surface area contributed by atoms with Crippen LogP contribution in [0.2, 0.25) is 0 Å². The summed E-state index contributed by atoms with van der Waals surface area (Å²) in [6.07, 6.45) is 5.23. The van der Waals surface area contributed by atoms with Crippen LogP contribution in [0.5, 0.6) is 0 Å². The van der Waals surface area contributed by atoms with Crippen LogP contribution >= 0.6 is 8.46 Å². The fourth-order valence-corrected chi connectivity index (χ4v) is 2.51. The quantitative estimate of drug-likeness (QED) is 0.514. The lowest BCUT2D eigenvalue weighted by molar-refractivity contribution is -0.0553. The van der Waals surface area contributed by atoms with Gasteiger partial charge in [0.05, 0.1) is 0 Å². The minimum Gasteiger partial charge on any atom is -0.490 e. The highest BCUT2D eigenvalue weighted by Gasteiger charge is 2.34. The average Bonchev–Trinajstić information content (AvgIpc) is 2.26. The largest absolute Gasteiger partial charge is 0.490 e. The van der Waals surface area contributed by atoms with Gasteiger partial charge in [0, 0.05) is 11.1 Å². The summed E-state index contributed by atoms with van der Waals surface area (Å²) in [5, 5.41) is 0. The summed E-state index contributed by atoms with van der Waals surface area (Å²) in [5.41, 5.74) is 0.422. The zero-order valence-electron chi connectivity index (χ0n) is 10.1. The molecule has 0 saturated carbocycles. The van der Waals surface area contributed by atoms with Gasteiger partial charge in [0.25, 0.3) is 0 Å². The van der Waals surface area contributed by atoms with Crippen molar-refractivity contribution < 1.29 is 9.47 Å². The fraction of sp³-hybridized carbons (Fsp3) is 0.667. The van der Waals surface area contributed by atoms with E-state index in [9.17, 15) is 0 Å². The Balaban J connectivity index is 2.17. The molecule has 0 N–H and O–H groups in total. The highest BCUT2D eigenvalue weighted by atomic mass is 31.1. The molecule has 1 aliphatic heterocycles. The van der Waals surface area contributed by atoms with E-state index in [0.29, 0.717) is 20.7 Å². The standard InChI is InChI=1S/C12H18BO2P/c1-12(2,3)10-7-14-11-8(15-10)5-4-6-9(11)16-13/h4-5,9-10,16H,6-7H2,1-3H3. The maximum absolute atomic E-state index is 6.00. The Kier molecular flexibility index (Phi) is 3.35. The van der Waals surface area contributed by atoms with E-state index in [2.05, 4.69) is 26.8 Å². The first kappa shape index (κ1) is 12.0. The topological polar surface area (TPSA) is 18.5 Å². The van der Waals surface area contributed by atoms with E-state index in [1.807, 2.05) is 6.08 Å². The van der Waals surface area contributed by atoms with Crippen LogP contribution in [0.3, 0.4) is 0 Å². The van der Waals surface area contributed by atoms with E-state index in [1.54, 1.807) is 0 Å². The average molecular weight is 236 g/mol. The lowest BCUT2D eigenvalue weighted by atomic mass is 9.89. The second-order valence-corrected chi connectivity index (χ2v) is 6.40. The molecule has 0 aromatic heterocycles. The number of hydrogen-bond acceptors (Lipinski definition) is 2. The summed E-state index contributed by atoms with van der Waals surface area (Å²) in [6, 6.07) is 0. The van der Waals surface area contributed by atoms with Crippen molar-refractivity contribution in [2.45, 2.75) is 39.0 Å².